The topological polar surface area (TPSA) is 150 Å². The number of aromatic amines is 1. The molecule has 4 aromatic rings. The number of amides is 4. The quantitative estimate of drug-likeness (QED) is 0.239. The van der Waals surface area contributed by atoms with E-state index in [-0.39, 0.29) is 41.8 Å². The highest BCUT2D eigenvalue weighted by atomic mass is 19.1. The van der Waals surface area contributed by atoms with Crippen molar-refractivity contribution in [1.29, 1.82) is 5.26 Å². The van der Waals surface area contributed by atoms with Gasteiger partial charge in [0.25, 0.3) is 11.8 Å². The van der Waals surface area contributed by atoms with E-state index in [1.807, 2.05) is 12.1 Å². The fourth-order valence-corrected chi connectivity index (χ4v) is 11.0. The van der Waals surface area contributed by atoms with Gasteiger partial charge in [0, 0.05) is 84.5 Å². The van der Waals surface area contributed by atoms with Crippen molar-refractivity contribution in [3.05, 3.63) is 92.9 Å². The molecule has 12 nitrogen and oxygen atoms in total. The molecule has 7 aliphatic rings. The van der Waals surface area contributed by atoms with Gasteiger partial charge in [0.05, 0.1) is 34.0 Å². The molecule has 13 heteroatoms. The van der Waals surface area contributed by atoms with Crippen LogP contribution in [0.3, 0.4) is 0 Å². The molecule has 59 heavy (non-hydrogen) atoms. The SMILES string of the molecule is CCc1cc2c(cc1N1CCC(CN3CC4CCC3CN4c3cc4c(cc3F)C(=O)N(C3CCC(=O)NC3=O)C4=O)CC1)C(C)(C)c1[nH]c3cc(C#N)ccc3c1C2=O. The molecule has 0 radical (unpaired) electrons. The number of benzene rings is 3. The summed E-state index contributed by atoms with van der Waals surface area (Å²) in [6, 6.07) is 13.9. The fourth-order valence-electron chi connectivity index (χ4n) is 11.0. The maximum absolute atomic E-state index is 15.8. The number of anilines is 2. The number of carbonyl (C=O) groups excluding carboxylic acids is 5. The van der Waals surface area contributed by atoms with Gasteiger partial charge in [-0.3, -0.25) is 39.1 Å². The van der Waals surface area contributed by atoms with E-state index in [1.165, 1.54) is 17.3 Å². The van der Waals surface area contributed by atoms with Gasteiger partial charge in [-0.25, -0.2) is 4.39 Å². The van der Waals surface area contributed by atoms with Crippen LogP contribution in [0.5, 0.6) is 0 Å². The summed E-state index contributed by atoms with van der Waals surface area (Å²) in [6.07, 6.45) is 4.86. The number of rotatable bonds is 6. The number of fused-ring (bicyclic) bond motifs is 8. The molecule has 1 aromatic heterocycles. The second-order valence-electron chi connectivity index (χ2n) is 17.8. The van der Waals surface area contributed by atoms with Crippen molar-refractivity contribution in [1.82, 2.24) is 20.1 Å². The highest BCUT2D eigenvalue weighted by Gasteiger charge is 2.47. The van der Waals surface area contributed by atoms with Crippen molar-refractivity contribution in [3.63, 3.8) is 0 Å². The normalized spacial score (nSPS) is 24.1. The highest BCUT2D eigenvalue weighted by molar-refractivity contribution is 6.24. The lowest BCUT2D eigenvalue weighted by molar-refractivity contribution is -0.136. The first-order valence-electron chi connectivity index (χ1n) is 20.9. The third-order valence-electron chi connectivity index (χ3n) is 14.2. The van der Waals surface area contributed by atoms with Crippen LogP contribution in [-0.4, -0.2) is 95.0 Å². The second kappa shape index (κ2) is 13.6. The molecule has 2 N–H and O–H groups in total. The zero-order valence-electron chi connectivity index (χ0n) is 33.5. The van der Waals surface area contributed by atoms with Crippen LogP contribution >= 0.6 is 0 Å². The minimum absolute atomic E-state index is 0.0209. The number of halogens is 1. The van der Waals surface area contributed by atoms with Crippen molar-refractivity contribution in [2.75, 3.05) is 42.5 Å². The average Bonchev–Trinajstić information content (AvgIpc) is 3.74. The largest absolute Gasteiger partial charge is 0.371 e. The molecular formula is C46H46FN7O5. The van der Waals surface area contributed by atoms with Crippen molar-refractivity contribution in [2.45, 2.75) is 89.3 Å². The van der Waals surface area contributed by atoms with Gasteiger partial charge in [-0.05, 0) is 92.0 Å². The Morgan fingerprint density at radius 2 is 1.61 bits per heavy atom. The Bertz CT molecular complexity index is 2580. The fraction of sp³-hybridized carbons (Fsp3) is 0.435. The number of piperidine rings is 4. The number of hydrogen-bond donors (Lipinski definition) is 2. The molecular weight excluding hydrogens is 750 g/mol. The summed E-state index contributed by atoms with van der Waals surface area (Å²) in [7, 11) is 0. The van der Waals surface area contributed by atoms with Gasteiger partial charge in [0.15, 0.2) is 5.78 Å². The summed E-state index contributed by atoms with van der Waals surface area (Å²) in [5, 5.41) is 12.5. The zero-order valence-corrected chi connectivity index (χ0v) is 33.5. The Morgan fingerprint density at radius 3 is 2.31 bits per heavy atom. The van der Waals surface area contributed by atoms with Gasteiger partial charge < -0.3 is 14.8 Å². The third kappa shape index (κ3) is 5.74. The maximum Gasteiger partial charge on any atom is 0.262 e. The van der Waals surface area contributed by atoms with Gasteiger partial charge in [-0.1, -0.05) is 26.8 Å². The van der Waals surface area contributed by atoms with E-state index in [0.717, 1.165) is 97.0 Å². The lowest BCUT2D eigenvalue weighted by atomic mass is 9.70. The number of nitriles is 1. The average molecular weight is 796 g/mol. The molecule has 11 rings (SSSR count). The molecule has 0 spiro atoms. The van der Waals surface area contributed by atoms with E-state index in [0.29, 0.717) is 29.3 Å². The summed E-state index contributed by atoms with van der Waals surface area (Å²) in [5.41, 5.74) is 7.01. The van der Waals surface area contributed by atoms with Crippen molar-refractivity contribution < 1.29 is 28.4 Å². The summed E-state index contributed by atoms with van der Waals surface area (Å²) >= 11 is 0. The number of hydrogen-bond acceptors (Lipinski definition) is 9. The molecule has 302 valence electrons. The number of aryl methyl sites for hydroxylation is 1. The van der Waals surface area contributed by atoms with E-state index in [2.05, 4.69) is 64.0 Å². The number of nitrogens with one attached hydrogen (secondary N) is 2. The van der Waals surface area contributed by atoms with E-state index in [1.54, 1.807) is 6.07 Å². The molecule has 1 aliphatic carbocycles. The smallest absolute Gasteiger partial charge is 0.262 e. The first-order chi connectivity index (χ1) is 28.4. The molecule has 6 aliphatic heterocycles. The first-order valence-corrected chi connectivity index (χ1v) is 20.9. The maximum atomic E-state index is 15.8. The standard InChI is InChI=1S/C46H46FN7O5/c1-4-26-16-32-33(46(2,3)42-40(41(32)56)29-8-5-25(20-48)15-35(29)49-42)19-37(26)51-13-11-24(12-14-51)21-52-22-28-7-6-27(52)23-53(28)38-18-31-30(17-34(38)47)44(58)54(45(31)59)36-9-10-39(55)50-43(36)57/h5,8,15-19,24,27-28,36,49H,4,6-7,9-14,21-23H2,1-3H3,(H,50,55,57). The number of nitrogens with zero attached hydrogens (tertiary/aromatic N) is 5. The predicted molar refractivity (Wildman–Crippen MR) is 218 cm³/mol. The third-order valence-corrected chi connectivity index (χ3v) is 14.2. The van der Waals surface area contributed by atoms with Crippen LogP contribution < -0.4 is 15.1 Å². The Morgan fingerprint density at radius 1 is 0.864 bits per heavy atom. The summed E-state index contributed by atoms with van der Waals surface area (Å²) in [4.78, 5) is 76.7. The van der Waals surface area contributed by atoms with Crippen molar-refractivity contribution in [3.8, 4) is 6.07 Å². The van der Waals surface area contributed by atoms with Crippen LogP contribution in [0.4, 0.5) is 15.8 Å². The molecule has 5 saturated heterocycles. The minimum Gasteiger partial charge on any atom is -0.371 e. The number of aromatic nitrogens is 1. The van der Waals surface area contributed by atoms with Crippen LogP contribution in [0.2, 0.25) is 0 Å². The van der Waals surface area contributed by atoms with E-state index in [4.69, 9.17) is 0 Å². The van der Waals surface area contributed by atoms with Crippen LogP contribution in [0, 0.1) is 23.1 Å². The number of ketones is 1. The highest BCUT2D eigenvalue weighted by Crippen LogP contribution is 2.46. The van der Waals surface area contributed by atoms with E-state index < -0.39 is 40.9 Å². The molecule has 5 fully saturated rings. The molecule has 7 heterocycles. The van der Waals surface area contributed by atoms with Gasteiger partial charge in [-0.2, -0.15) is 5.26 Å². The molecule has 3 unspecified atom stereocenters. The Hall–Kier alpha value is -5.87. The number of carbonyl (C=O) groups is 5. The number of H-pyrrole nitrogens is 1. The van der Waals surface area contributed by atoms with E-state index in [9.17, 15) is 29.2 Å². The number of piperazine rings is 1. The van der Waals surface area contributed by atoms with Crippen LogP contribution in [-0.2, 0) is 21.4 Å². The van der Waals surface area contributed by atoms with Gasteiger partial charge in [-0.15, -0.1) is 0 Å². The zero-order chi connectivity index (χ0) is 41.1. The van der Waals surface area contributed by atoms with Crippen LogP contribution in [0.1, 0.15) is 118 Å². The predicted octanol–water partition coefficient (Wildman–Crippen LogP) is 5.58. The monoisotopic (exact) mass is 795 g/mol. The lowest BCUT2D eigenvalue weighted by Crippen LogP contribution is -2.63. The van der Waals surface area contributed by atoms with E-state index >= 15 is 4.39 Å². The second-order valence-corrected chi connectivity index (χ2v) is 17.8. The Kier molecular flexibility index (Phi) is 8.62. The van der Waals surface area contributed by atoms with Crippen LogP contribution in [0.15, 0.2) is 42.5 Å². The minimum atomic E-state index is -1.10. The summed E-state index contributed by atoms with van der Waals surface area (Å²) < 4.78 is 15.8. The van der Waals surface area contributed by atoms with Crippen LogP contribution in [0.25, 0.3) is 10.9 Å². The Labute approximate surface area is 341 Å². The van der Waals surface area contributed by atoms with Crippen molar-refractivity contribution >= 4 is 51.7 Å². The van der Waals surface area contributed by atoms with Gasteiger partial charge in [0.1, 0.15) is 11.9 Å². The molecule has 0 saturated carbocycles. The summed E-state index contributed by atoms with van der Waals surface area (Å²) in [6.45, 7) is 10.7. The molecule has 3 aromatic carbocycles. The van der Waals surface area contributed by atoms with Crippen molar-refractivity contribution in [2.24, 2.45) is 5.92 Å². The molecule has 2 bridgehead atoms. The number of imide groups is 2. The lowest BCUT2D eigenvalue weighted by Gasteiger charge is -2.53. The molecule has 3 atom stereocenters. The molecule has 4 amide bonds. The van der Waals surface area contributed by atoms with Gasteiger partial charge in [0.2, 0.25) is 11.8 Å². The van der Waals surface area contributed by atoms with Gasteiger partial charge >= 0.3 is 0 Å². The first kappa shape index (κ1) is 37.4. The summed E-state index contributed by atoms with van der Waals surface area (Å²) in [5.74, 6) is -2.50. The Balaban J connectivity index is 0.819.